The van der Waals surface area contributed by atoms with E-state index >= 15 is 0 Å². The van der Waals surface area contributed by atoms with E-state index in [0.29, 0.717) is 24.4 Å². The van der Waals surface area contributed by atoms with Gasteiger partial charge in [0.25, 0.3) is 0 Å². The maximum atomic E-state index is 11.5. The molecule has 1 heterocycles. The van der Waals surface area contributed by atoms with E-state index in [1.165, 1.54) is 19.3 Å². The van der Waals surface area contributed by atoms with Crippen LogP contribution in [0.3, 0.4) is 0 Å². The van der Waals surface area contributed by atoms with E-state index in [9.17, 15) is 9.90 Å². The van der Waals surface area contributed by atoms with Gasteiger partial charge in [-0.1, -0.05) is 61.7 Å². The van der Waals surface area contributed by atoms with Crippen LogP contribution in [0.1, 0.15) is 72.0 Å². The van der Waals surface area contributed by atoms with Gasteiger partial charge in [0.15, 0.2) is 5.82 Å². The highest BCUT2D eigenvalue weighted by Gasteiger charge is 2.21. The first-order chi connectivity index (χ1) is 15.2. The fourth-order valence-corrected chi connectivity index (χ4v) is 4.31. The zero-order valence-electron chi connectivity index (χ0n) is 17.6. The van der Waals surface area contributed by atoms with Crippen LogP contribution in [0.2, 0.25) is 0 Å². The summed E-state index contributed by atoms with van der Waals surface area (Å²) in [6, 6.07) is 15.1. The summed E-state index contributed by atoms with van der Waals surface area (Å²) in [6.45, 7) is 0.625. The number of hydrogen-bond donors (Lipinski definition) is 1. The number of aromatic carboxylic acids is 1. The molecule has 0 aliphatic heterocycles. The van der Waals surface area contributed by atoms with Gasteiger partial charge in [-0.15, -0.1) is 12.3 Å². The van der Waals surface area contributed by atoms with Crippen molar-refractivity contribution in [3.63, 3.8) is 0 Å². The second-order valence-electron chi connectivity index (χ2n) is 8.13. The molecular weight excluding hydrogens is 386 g/mol. The molecule has 31 heavy (non-hydrogen) atoms. The third-order valence-corrected chi connectivity index (χ3v) is 5.98. The fourth-order valence-electron chi connectivity index (χ4n) is 4.31. The number of benzene rings is 2. The van der Waals surface area contributed by atoms with E-state index in [0.717, 1.165) is 47.6 Å². The van der Waals surface area contributed by atoms with Crippen LogP contribution in [0.4, 0.5) is 0 Å². The van der Waals surface area contributed by atoms with Crippen molar-refractivity contribution in [1.29, 1.82) is 0 Å². The second kappa shape index (κ2) is 9.61. The summed E-state index contributed by atoms with van der Waals surface area (Å²) in [6.07, 6.45) is 13.0. The summed E-state index contributed by atoms with van der Waals surface area (Å²) in [5.74, 6) is 4.14. The molecule has 0 spiro atoms. The predicted molar refractivity (Wildman–Crippen MR) is 121 cm³/mol. The number of terminal acetylenes is 1. The number of nitrogens with zero attached hydrogens (tertiary/aromatic N) is 3. The van der Waals surface area contributed by atoms with Crippen molar-refractivity contribution in [2.45, 2.75) is 57.4 Å². The smallest absolute Gasteiger partial charge is 0.336 e. The average Bonchev–Trinajstić information content (AvgIpc) is 3.21. The van der Waals surface area contributed by atoms with E-state index in [-0.39, 0.29) is 0 Å². The van der Waals surface area contributed by atoms with Crippen molar-refractivity contribution < 1.29 is 9.90 Å². The van der Waals surface area contributed by atoms with E-state index in [1.807, 2.05) is 41.1 Å². The van der Waals surface area contributed by atoms with Crippen molar-refractivity contribution >= 4 is 5.97 Å². The minimum Gasteiger partial charge on any atom is -0.478 e. The van der Waals surface area contributed by atoms with E-state index in [1.54, 1.807) is 12.1 Å². The number of carbonyl (C=O) groups is 1. The van der Waals surface area contributed by atoms with Gasteiger partial charge in [0.1, 0.15) is 5.82 Å². The molecule has 0 radical (unpaired) electrons. The predicted octanol–water partition coefficient (Wildman–Crippen LogP) is 5.31. The van der Waals surface area contributed by atoms with Gasteiger partial charge in [0.05, 0.1) is 12.1 Å². The molecule has 0 amide bonds. The van der Waals surface area contributed by atoms with Crippen LogP contribution >= 0.6 is 0 Å². The molecule has 1 N–H and O–H groups in total. The first-order valence-corrected chi connectivity index (χ1v) is 10.9. The van der Waals surface area contributed by atoms with Crippen molar-refractivity contribution in [3.05, 3.63) is 71.3 Å². The topological polar surface area (TPSA) is 68.0 Å². The summed E-state index contributed by atoms with van der Waals surface area (Å²) in [5.41, 5.74) is 3.01. The maximum Gasteiger partial charge on any atom is 0.336 e. The van der Waals surface area contributed by atoms with E-state index in [2.05, 4.69) is 5.92 Å². The van der Waals surface area contributed by atoms with Crippen LogP contribution in [0, 0.1) is 12.3 Å². The Kier molecular flexibility index (Phi) is 6.47. The highest BCUT2D eigenvalue weighted by molar-refractivity contribution is 5.95. The Morgan fingerprint density at radius 1 is 1.10 bits per heavy atom. The van der Waals surface area contributed by atoms with Gasteiger partial charge in [0.2, 0.25) is 0 Å². The van der Waals surface area contributed by atoms with Gasteiger partial charge < -0.3 is 5.11 Å². The van der Waals surface area contributed by atoms with Crippen LogP contribution in [-0.2, 0) is 13.0 Å². The Morgan fingerprint density at radius 2 is 1.84 bits per heavy atom. The van der Waals surface area contributed by atoms with Crippen LogP contribution < -0.4 is 0 Å². The van der Waals surface area contributed by atoms with Crippen LogP contribution in [0.5, 0.6) is 0 Å². The molecule has 0 unspecified atom stereocenters. The van der Waals surface area contributed by atoms with Gasteiger partial charge in [-0.05, 0) is 35.6 Å². The highest BCUT2D eigenvalue weighted by Crippen LogP contribution is 2.31. The third-order valence-electron chi connectivity index (χ3n) is 5.98. The second-order valence-corrected chi connectivity index (χ2v) is 8.13. The quantitative estimate of drug-likeness (QED) is 0.533. The standard InChI is InChI=1S/C26H27N3O2/c1-2-3-13-24-27-25(21-9-5-4-6-10-21)28-29(24)18-19-14-16-20(17-15-19)22-11-7-8-12-23(22)26(30)31/h1,7-8,11-12,14-17,21H,3-6,9-10,13,18H2,(H,30,31). The van der Waals surface area contributed by atoms with Crippen molar-refractivity contribution in [3.8, 4) is 23.5 Å². The first kappa shape index (κ1) is 20.9. The molecule has 2 aromatic carbocycles. The van der Waals surface area contributed by atoms with E-state index in [4.69, 9.17) is 16.5 Å². The van der Waals surface area contributed by atoms with Crippen LogP contribution in [0.25, 0.3) is 11.1 Å². The number of hydrogen-bond acceptors (Lipinski definition) is 3. The third kappa shape index (κ3) is 4.86. The Morgan fingerprint density at radius 3 is 2.55 bits per heavy atom. The molecule has 1 fully saturated rings. The number of aryl methyl sites for hydroxylation is 1. The summed E-state index contributed by atoms with van der Waals surface area (Å²) < 4.78 is 1.99. The molecule has 3 aromatic rings. The Bertz CT molecular complexity index is 1090. The molecule has 4 rings (SSSR count). The normalized spacial score (nSPS) is 14.3. The SMILES string of the molecule is C#CCCc1nc(C2CCCCC2)nn1Cc1ccc(-c2ccccc2C(=O)O)cc1. The maximum absolute atomic E-state index is 11.5. The summed E-state index contributed by atoms with van der Waals surface area (Å²) in [7, 11) is 0. The molecule has 0 atom stereocenters. The molecule has 5 heteroatoms. The molecular formula is C26H27N3O2. The highest BCUT2D eigenvalue weighted by atomic mass is 16.4. The summed E-state index contributed by atoms with van der Waals surface area (Å²) in [4.78, 5) is 16.4. The minimum atomic E-state index is -0.921. The zero-order chi connectivity index (χ0) is 21.6. The number of rotatable bonds is 7. The summed E-state index contributed by atoms with van der Waals surface area (Å²) >= 11 is 0. The lowest BCUT2D eigenvalue weighted by Crippen LogP contribution is -2.09. The monoisotopic (exact) mass is 413 g/mol. The Hall–Kier alpha value is -3.39. The number of carboxylic acid groups (broad SMARTS) is 1. The van der Waals surface area contributed by atoms with Gasteiger partial charge in [-0.3, -0.25) is 0 Å². The fraction of sp³-hybridized carbons (Fsp3) is 0.346. The van der Waals surface area contributed by atoms with Crippen molar-refractivity contribution in [1.82, 2.24) is 14.8 Å². The average molecular weight is 414 g/mol. The van der Waals surface area contributed by atoms with Gasteiger partial charge in [0, 0.05) is 18.8 Å². The molecule has 0 saturated heterocycles. The number of carboxylic acids is 1. The lowest BCUT2D eigenvalue weighted by molar-refractivity contribution is 0.0697. The minimum absolute atomic E-state index is 0.306. The number of aromatic nitrogens is 3. The largest absolute Gasteiger partial charge is 0.478 e. The van der Waals surface area contributed by atoms with E-state index < -0.39 is 5.97 Å². The Balaban J connectivity index is 1.57. The molecule has 1 aliphatic carbocycles. The lowest BCUT2D eigenvalue weighted by atomic mass is 9.89. The zero-order valence-corrected chi connectivity index (χ0v) is 17.6. The van der Waals surface area contributed by atoms with Crippen LogP contribution in [-0.4, -0.2) is 25.8 Å². The van der Waals surface area contributed by atoms with Gasteiger partial charge in [-0.25, -0.2) is 14.5 Å². The Labute approximate surface area is 183 Å². The molecule has 158 valence electrons. The summed E-state index contributed by atoms with van der Waals surface area (Å²) in [5, 5.41) is 14.3. The van der Waals surface area contributed by atoms with Crippen molar-refractivity contribution in [2.75, 3.05) is 0 Å². The molecule has 1 aromatic heterocycles. The lowest BCUT2D eigenvalue weighted by Gasteiger charge is -2.18. The molecule has 1 saturated carbocycles. The van der Waals surface area contributed by atoms with Gasteiger partial charge in [-0.2, -0.15) is 5.10 Å². The van der Waals surface area contributed by atoms with Gasteiger partial charge >= 0.3 is 5.97 Å². The van der Waals surface area contributed by atoms with Crippen molar-refractivity contribution in [2.24, 2.45) is 0 Å². The molecule has 1 aliphatic rings. The first-order valence-electron chi connectivity index (χ1n) is 10.9. The molecule has 5 nitrogen and oxygen atoms in total. The van der Waals surface area contributed by atoms with Crippen LogP contribution in [0.15, 0.2) is 48.5 Å². The molecule has 0 bridgehead atoms.